The summed E-state index contributed by atoms with van der Waals surface area (Å²) in [6.45, 7) is 8.57. The topological polar surface area (TPSA) is 3.24 Å². The van der Waals surface area contributed by atoms with E-state index in [1.54, 1.807) is 0 Å². The molecule has 12 heavy (non-hydrogen) atoms. The second kappa shape index (κ2) is 1.89. The van der Waals surface area contributed by atoms with E-state index in [4.69, 9.17) is 0 Å². The second-order valence-corrected chi connectivity index (χ2v) is 5.35. The number of nitrogens with zero attached hydrogens (tertiary/aromatic N) is 1. The van der Waals surface area contributed by atoms with E-state index >= 15 is 0 Å². The largest absolute Gasteiger partial charge is 0.297 e. The molecule has 0 aromatic heterocycles. The van der Waals surface area contributed by atoms with Crippen LogP contribution in [-0.4, -0.2) is 23.5 Å². The Morgan fingerprint density at radius 3 is 2.58 bits per heavy atom. The van der Waals surface area contributed by atoms with Crippen molar-refractivity contribution in [3.05, 3.63) is 0 Å². The van der Waals surface area contributed by atoms with E-state index in [1.807, 2.05) is 0 Å². The lowest BCUT2D eigenvalue weighted by molar-refractivity contribution is 0.0562. The quantitative estimate of drug-likeness (QED) is 0.575. The standard InChI is InChI=1S/C11H19N/c1-7(2)12-6-9-8(3)11(9)5-4-10(11)12/h7-10H,4-6H2,1-3H3. The van der Waals surface area contributed by atoms with Crippen molar-refractivity contribution in [2.75, 3.05) is 6.54 Å². The predicted molar refractivity (Wildman–Crippen MR) is 50.0 cm³/mol. The molecule has 1 aliphatic heterocycles. The van der Waals surface area contributed by atoms with E-state index in [1.165, 1.54) is 19.4 Å². The van der Waals surface area contributed by atoms with Crippen LogP contribution in [0.3, 0.4) is 0 Å². The fourth-order valence-corrected chi connectivity index (χ4v) is 4.05. The van der Waals surface area contributed by atoms with E-state index in [-0.39, 0.29) is 0 Å². The first-order valence-corrected chi connectivity index (χ1v) is 5.43. The van der Waals surface area contributed by atoms with E-state index < -0.39 is 0 Å². The van der Waals surface area contributed by atoms with Gasteiger partial charge in [-0.1, -0.05) is 6.92 Å². The zero-order chi connectivity index (χ0) is 8.51. The first-order chi connectivity index (χ1) is 5.68. The van der Waals surface area contributed by atoms with Crippen LogP contribution >= 0.6 is 0 Å². The molecule has 1 spiro atoms. The van der Waals surface area contributed by atoms with Gasteiger partial charge < -0.3 is 0 Å². The fraction of sp³-hybridized carbons (Fsp3) is 1.00. The molecule has 2 saturated carbocycles. The van der Waals surface area contributed by atoms with Crippen LogP contribution in [0.4, 0.5) is 0 Å². The molecule has 2 aliphatic carbocycles. The highest BCUT2D eigenvalue weighted by molar-refractivity contribution is 5.25. The van der Waals surface area contributed by atoms with Crippen LogP contribution in [0, 0.1) is 17.3 Å². The summed E-state index contributed by atoms with van der Waals surface area (Å²) in [5.41, 5.74) is 0.838. The van der Waals surface area contributed by atoms with E-state index in [2.05, 4.69) is 25.7 Å². The summed E-state index contributed by atoms with van der Waals surface area (Å²) in [5, 5.41) is 0. The van der Waals surface area contributed by atoms with Crippen LogP contribution in [0.25, 0.3) is 0 Å². The lowest BCUT2D eigenvalue weighted by atomic mass is 9.74. The van der Waals surface area contributed by atoms with Crippen molar-refractivity contribution in [3.8, 4) is 0 Å². The van der Waals surface area contributed by atoms with Crippen LogP contribution < -0.4 is 0 Å². The monoisotopic (exact) mass is 165 g/mol. The Labute approximate surface area is 75.1 Å². The van der Waals surface area contributed by atoms with Gasteiger partial charge in [0.2, 0.25) is 0 Å². The predicted octanol–water partition coefficient (Wildman–Crippen LogP) is 2.13. The third-order valence-electron chi connectivity index (χ3n) is 4.97. The number of hydrogen-bond donors (Lipinski definition) is 0. The van der Waals surface area contributed by atoms with Gasteiger partial charge in [-0.2, -0.15) is 0 Å². The Morgan fingerprint density at radius 2 is 2.17 bits per heavy atom. The second-order valence-electron chi connectivity index (χ2n) is 5.35. The molecule has 1 saturated heterocycles. The zero-order valence-corrected chi connectivity index (χ0v) is 8.38. The van der Waals surface area contributed by atoms with Crippen molar-refractivity contribution in [1.29, 1.82) is 0 Å². The molecule has 3 fully saturated rings. The molecule has 0 radical (unpaired) electrons. The molecule has 3 rings (SSSR count). The molecule has 1 nitrogen and oxygen atoms in total. The normalized spacial score (nSPS) is 56.5. The van der Waals surface area contributed by atoms with E-state index in [0.717, 1.165) is 29.3 Å². The van der Waals surface area contributed by atoms with Gasteiger partial charge in [-0.3, -0.25) is 4.90 Å². The summed E-state index contributed by atoms with van der Waals surface area (Å²) in [7, 11) is 0. The van der Waals surface area contributed by atoms with Crippen LogP contribution in [0.1, 0.15) is 33.6 Å². The Kier molecular flexibility index (Phi) is 1.16. The molecule has 0 bridgehead atoms. The van der Waals surface area contributed by atoms with Crippen molar-refractivity contribution < 1.29 is 0 Å². The Bertz CT molecular complexity index is 223. The molecule has 0 amide bonds. The first kappa shape index (κ1) is 7.37. The molecule has 1 heteroatoms. The summed E-state index contributed by atoms with van der Waals surface area (Å²) < 4.78 is 0. The average Bonchev–Trinajstić information content (AvgIpc) is 2.46. The minimum absolute atomic E-state index is 0.784. The van der Waals surface area contributed by atoms with Crippen LogP contribution in [-0.2, 0) is 0 Å². The molecular formula is C11H19N. The zero-order valence-electron chi connectivity index (χ0n) is 8.38. The molecule has 0 aromatic carbocycles. The Hall–Kier alpha value is -0.0400. The number of hydrogen-bond acceptors (Lipinski definition) is 1. The molecule has 0 N–H and O–H groups in total. The van der Waals surface area contributed by atoms with Crippen LogP contribution in [0.5, 0.6) is 0 Å². The number of piperidine rings is 1. The van der Waals surface area contributed by atoms with Gasteiger partial charge in [-0.25, -0.2) is 0 Å². The van der Waals surface area contributed by atoms with Crippen molar-refractivity contribution in [2.24, 2.45) is 17.3 Å². The van der Waals surface area contributed by atoms with Crippen molar-refractivity contribution in [1.82, 2.24) is 4.90 Å². The smallest absolute Gasteiger partial charge is 0.0161 e. The SMILES string of the molecule is CC(C)N1CC2C(C)C23CCC13. The maximum atomic E-state index is 2.74. The van der Waals surface area contributed by atoms with Crippen molar-refractivity contribution in [3.63, 3.8) is 0 Å². The maximum absolute atomic E-state index is 2.74. The molecule has 4 unspecified atom stereocenters. The molecule has 0 aromatic rings. The van der Waals surface area contributed by atoms with E-state index in [0.29, 0.717) is 0 Å². The molecule has 1 heterocycles. The third-order valence-corrected chi connectivity index (χ3v) is 4.97. The van der Waals surface area contributed by atoms with Gasteiger partial charge in [0.25, 0.3) is 0 Å². The lowest BCUT2D eigenvalue weighted by Crippen LogP contribution is -2.48. The van der Waals surface area contributed by atoms with Crippen molar-refractivity contribution >= 4 is 0 Å². The van der Waals surface area contributed by atoms with Gasteiger partial charge in [-0.15, -0.1) is 0 Å². The third kappa shape index (κ3) is 0.555. The van der Waals surface area contributed by atoms with Gasteiger partial charge in [0.15, 0.2) is 0 Å². The first-order valence-electron chi connectivity index (χ1n) is 5.43. The molecule has 3 aliphatic rings. The van der Waals surface area contributed by atoms with Crippen LogP contribution in [0.15, 0.2) is 0 Å². The van der Waals surface area contributed by atoms with Gasteiger partial charge in [0, 0.05) is 18.6 Å². The van der Waals surface area contributed by atoms with E-state index in [9.17, 15) is 0 Å². The van der Waals surface area contributed by atoms with Gasteiger partial charge >= 0.3 is 0 Å². The van der Waals surface area contributed by atoms with Gasteiger partial charge in [0.05, 0.1) is 0 Å². The summed E-state index contributed by atoms with van der Waals surface area (Å²) in [4.78, 5) is 2.74. The minimum atomic E-state index is 0.784. The average molecular weight is 165 g/mol. The summed E-state index contributed by atoms with van der Waals surface area (Å²) >= 11 is 0. The maximum Gasteiger partial charge on any atom is 0.0161 e. The summed E-state index contributed by atoms with van der Waals surface area (Å²) in [5.74, 6) is 2.14. The summed E-state index contributed by atoms with van der Waals surface area (Å²) in [6, 6.07) is 1.77. The highest BCUT2D eigenvalue weighted by Crippen LogP contribution is 2.75. The molecule has 4 atom stereocenters. The highest BCUT2D eigenvalue weighted by Gasteiger charge is 2.75. The summed E-state index contributed by atoms with van der Waals surface area (Å²) in [6.07, 6.45) is 3.02. The minimum Gasteiger partial charge on any atom is -0.297 e. The fourth-order valence-electron chi connectivity index (χ4n) is 4.05. The number of likely N-dealkylation sites (tertiary alicyclic amines) is 1. The van der Waals surface area contributed by atoms with Crippen molar-refractivity contribution in [2.45, 2.75) is 45.7 Å². The number of rotatable bonds is 1. The lowest BCUT2D eigenvalue weighted by Gasteiger charge is -2.43. The molecule has 68 valence electrons. The van der Waals surface area contributed by atoms with Crippen LogP contribution in [0.2, 0.25) is 0 Å². The van der Waals surface area contributed by atoms with Gasteiger partial charge in [0.1, 0.15) is 0 Å². The Morgan fingerprint density at radius 1 is 1.42 bits per heavy atom. The molecular weight excluding hydrogens is 146 g/mol. The highest BCUT2D eigenvalue weighted by atomic mass is 15.3. The van der Waals surface area contributed by atoms with Gasteiger partial charge in [-0.05, 0) is 43.9 Å². The Balaban J connectivity index is 1.84.